The maximum absolute atomic E-state index is 13.0. The van der Waals surface area contributed by atoms with E-state index in [1.807, 2.05) is 0 Å². The highest BCUT2D eigenvalue weighted by atomic mass is 35.5. The number of hydrogen-bond acceptors (Lipinski definition) is 5. The zero-order valence-corrected chi connectivity index (χ0v) is 19.6. The predicted molar refractivity (Wildman–Crippen MR) is 119 cm³/mol. The topological polar surface area (TPSA) is 101 Å². The van der Waals surface area contributed by atoms with Crippen LogP contribution in [0.5, 0.6) is 0 Å². The largest absolute Gasteiger partial charge is 0.348 e. The number of anilines is 1. The first-order valence-electron chi connectivity index (χ1n) is 9.20. The van der Waals surface area contributed by atoms with Crippen LogP contribution >= 0.6 is 11.6 Å². The second-order valence-corrected chi connectivity index (χ2v) is 11.3. The molecule has 0 bridgehead atoms. The van der Waals surface area contributed by atoms with Crippen molar-refractivity contribution in [1.29, 1.82) is 0 Å². The van der Waals surface area contributed by atoms with Gasteiger partial charge < -0.3 is 5.32 Å². The van der Waals surface area contributed by atoms with Crippen molar-refractivity contribution in [3.63, 3.8) is 0 Å². The third kappa shape index (κ3) is 5.96. The molecular weight excluding hydrogens is 448 g/mol. The Bertz CT molecular complexity index is 1100. The van der Waals surface area contributed by atoms with Crippen LogP contribution in [0.25, 0.3) is 0 Å². The Kier molecular flexibility index (Phi) is 7.54. The number of sulfone groups is 1. The van der Waals surface area contributed by atoms with E-state index in [-0.39, 0.29) is 11.3 Å². The monoisotopic (exact) mass is 472 g/mol. The minimum Gasteiger partial charge on any atom is -0.348 e. The number of hydrogen-bond donors (Lipinski definition) is 1. The molecule has 2 aromatic rings. The van der Waals surface area contributed by atoms with Crippen LogP contribution in [0.15, 0.2) is 53.4 Å². The Morgan fingerprint density at radius 1 is 1.00 bits per heavy atom. The molecule has 0 aromatic heterocycles. The van der Waals surface area contributed by atoms with Gasteiger partial charge in [0.15, 0.2) is 9.84 Å². The second kappa shape index (κ2) is 9.36. The van der Waals surface area contributed by atoms with Gasteiger partial charge in [-0.3, -0.25) is 9.10 Å². The molecule has 1 N–H and O–H groups in total. The fraction of sp³-hybridized carbons (Fsp3) is 0.350. The van der Waals surface area contributed by atoms with Gasteiger partial charge in [-0.25, -0.2) is 16.8 Å². The first kappa shape index (κ1) is 24.2. The van der Waals surface area contributed by atoms with Gasteiger partial charge in [-0.1, -0.05) is 30.7 Å². The number of rotatable bonds is 8. The molecule has 0 fully saturated rings. The molecule has 2 aromatic carbocycles. The molecule has 0 radical (unpaired) electrons. The summed E-state index contributed by atoms with van der Waals surface area (Å²) < 4.78 is 49.2. The van der Waals surface area contributed by atoms with Crippen molar-refractivity contribution in [2.75, 3.05) is 16.8 Å². The lowest BCUT2D eigenvalue weighted by atomic mass is 10.1. The molecule has 0 saturated carbocycles. The van der Waals surface area contributed by atoms with Gasteiger partial charge in [-0.05, 0) is 55.3 Å². The lowest BCUT2D eigenvalue weighted by Gasteiger charge is -2.31. The number of benzene rings is 2. The molecule has 1 amide bonds. The molecule has 0 saturated heterocycles. The average molecular weight is 473 g/mol. The van der Waals surface area contributed by atoms with E-state index in [1.165, 1.54) is 12.1 Å². The third-order valence-corrected chi connectivity index (χ3v) is 7.14. The molecule has 10 heteroatoms. The Hall–Kier alpha value is -2.10. The number of carbonyl (C=O) groups excluding carboxylic acids is 1. The molecule has 0 spiro atoms. The van der Waals surface area contributed by atoms with Crippen LogP contribution in [0.2, 0.25) is 5.02 Å². The minimum atomic E-state index is -3.75. The highest BCUT2D eigenvalue weighted by molar-refractivity contribution is 7.92. The molecule has 0 aliphatic heterocycles. The Labute approximate surface area is 183 Å². The van der Waals surface area contributed by atoms with Crippen LogP contribution < -0.4 is 9.62 Å². The summed E-state index contributed by atoms with van der Waals surface area (Å²) in [5, 5.41) is 3.27. The van der Waals surface area contributed by atoms with E-state index in [9.17, 15) is 21.6 Å². The number of nitrogens with one attached hydrogen (secondary N) is 1. The lowest BCUT2D eigenvalue weighted by molar-refractivity contribution is -0.122. The van der Waals surface area contributed by atoms with E-state index >= 15 is 0 Å². The molecule has 0 aliphatic carbocycles. The van der Waals surface area contributed by atoms with Crippen molar-refractivity contribution in [2.24, 2.45) is 0 Å². The molecule has 0 aliphatic rings. The Morgan fingerprint density at radius 2 is 1.53 bits per heavy atom. The Morgan fingerprint density at radius 3 is 1.97 bits per heavy atom. The summed E-state index contributed by atoms with van der Waals surface area (Å²) in [6, 6.07) is 11.0. The molecule has 2 rings (SSSR count). The normalized spacial score (nSPS) is 14.0. The summed E-state index contributed by atoms with van der Waals surface area (Å²) in [6.07, 6.45) is 2.42. The molecule has 7 nitrogen and oxygen atoms in total. The third-order valence-electron chi connectivity index (χ3n) is 4.58. The number of nitrogens with zero attached hydrogens (tertiary/aromatic N) is 1. The van der Waals surface area contributed by atoms with Crippen molar-refractivity contribution in [3.05, 3.63) is 59.1 Å². The van der Waals surface area contributed by atoms with E-state index in [0.29, 0.717) is 16.3 Å². The standard InChI is InChI=1S/C20H25ClN2O5S2/c1-5-19(23(30(4,27)28)17-10-8-16(21)9-11-17)20(24)22-14(2)15-6-12-18(13-7-15)29(3,25)26/h6-14,19H,5H2,1-4H3,(H,22,24)/t14-,19-/m1/s1. The summed E-state index contributed by atoms with van der Waals surface area (Å²) in [5.41, 5.74) is 1.04. The van der Waals surface area contributed by atoms with E-state index in [2.05, 4.69) is 5.32 Å². The van der Waals surface area contributed by atoms with Crippen molar-refractivity contribution in [2.45, 2.75) is 37.2 Å². The Balaban J connectivity index is 2.28. The van der Waals surface area contributed by atoms with Gasteiger partial charge in [0.2, 0.25) is 15.9 Å². The van der Waals surface area contributed by atoms with Gasteiger partial charge in [0, 0.05) is 11.3 Å². The van der Waals surface area contributed by atoms with Crippen molar-refractivity contribution in [3.8, 4) is 0 Å². The van der Waals surface area contributed by atoms with E-state index < -0.39 is 37.9 Å². The molecule has 30 heavy (non-hydrogen) atoms. The van der Waals surface area contributed by atoms with E-state index in [4.69, 9.17) is 11.6 Å². The maximum Gasteiger partial charge on any atom is 0.244 e. The number of sulfonamides is 1. The van der Waals surface area contributed by atoms with E-state index in [1.54, 1.807) is 50.2 Å². The first-order chi connectivity index (χ1) is 13.8. The van der Waals surface area contributed by atoms with E-state index in [0.717, 1.165) is 16.8 Å². The number of halogens is 1. The SMILES string of the molecule is CC[C@H](C(=O)N[C@H](C)c1ccc(S(C)(=O)=O)cc1)N(c1ccc(Cl)cc1)S(C)(=O)=O. The van der Waals surface area contributed by atoms with Crippen molar-refractivity contribution < 1.29 is 21.6 Å². The molecule has 0 unspecified atom stereocenters. The van der Waals surface area contributed by atoms with Crippen LogP contribution in [0, 0.1) is 0 Å². The van der Waals surface area contributed by atoms with Crippen molar-refractivity contribution >= 4 is 43.1 Å². The summed E-state index contributed by atoms with van der Waals surface area (Å²) >= 11 is 5.90. The minimum absolute atomic E-state index is 0.183. The highest BCUT2D eigenvalue weighted by Gasteiger charge is 2.32. The van der Waals surface area contributed by atoms with Crippen LogP contribution in [-0.2, 0) is 24.7 Å². The van der Waals surface area contributed by atoms with Gasteiger partial charge >= 0.3 is 0 Å². The molecule has 2 atom stereocenters. The molecule has 164 valence electrons. The second-order valence-electron chi connectivity index (χ2n) is 7.03. The summed E-state index contributed by atoms with van der Waals surface area (Å²) in [6.45, 7) is 3.47. The van der Waals surface area contributed by atoms with Crippen LogP contribution in [-0.4, -0.2) is 41.3 Å². The smallest absolute Gasteiger partial charge is 0.244 e. The van der Waals surface area contributed by atoms with Gasteiger partial charge in [0.05, 0.1) is 22.9 Å². The number of amides is 1. The maximum atomic E-state index is 13.0. The fourth-order valence-electron chi connectivity index (χ4n) is 3.04. The zero-order valence-electron chi connectivity index (χ0n) is 17.2. The zero-order chi connectivity index (χ0) is 22.7. The molecular formula is C20H25ClN2O5S2. The quantitative estimate of drug-likeness (QED) is 0.636. The van der Waals surface area contributed by atoms with Crippen LogP contribution in [0.3, 0.4) is 0 Å². The van der Waals surface area contributed by atoms with Gasteiger partial charge in [0.1, 0.15) is 6.04 Å². The van der Waals surface area contributed by atoms with Crippen LogP contribution in [0.4, 0.5) is 5.69 Å². The highest BCUT2D eigenvalue weighted by Crippen LogP contribution is 2.25. The summed E-state index contributed by atoms with van der Waals surface area (Å²) in [7, 11) is -7.06. The number of carbonyl (C=O) groups is 1. The molecule has 0 heterocycles. The lowest BCUT2D eigenvalue weighted by Crippen LogP contribution is -2.49. The summed E-state index contributed by atoms with van der Waals surface area (Å²) in [5.74, 6) is -0.461. The van der Waals surface area contributed by atoms with Crippen LogP contribution in [0.1, 0.15) is 31.9 Å². The van der Waals surface area contributed by atoms with Gasteiger partial charge in [0.25, 0.3) is 0 Å². The van der Waals surface area contributed by atoms with Crippen molar-refractivity contribution in [1.82, 2.24) is 5.32 Å². The summed E-state index contributed by atoms with van der Waals surface area (Å²) in [4.78, 5) is 13.2. The van der Waals surface area contributed by atoms with Gasteiger partial charge in [-0.15, -0.1) is 0 Å². The average Bonchev–Trinajstić information content (AvgIpc) is 2.65. The fourth-order valence-corrected chi connectivity index (χ4v) is 5.01. The predicted octanol–water partition coefficient (Wildman–Crippen LogP) is 3.17. The van der Waals surface area contributed by atoms with Gasteiger partial charge in [-0.2, -0.15) is 0 Å². The first-order valence-corrected chi connectivity index (χ1v) is 13.3.